The molecule has 0 spiro atoms. The fourth-order valence-corrected chi connectivity index (χ4v) is 4.08. The third kappa shape index (κ3) is 4.03. The van der Waals surface area contributed by atoms with Crippen LogP contribution in [0.1, 0.15) is 58.6 Å². The summed E-state index contributed by atoms with van der Waals surface area (Å²) >= 11 is 0. The van der Waals surface area contributed by atoms with Crippen LogP contribution in [-0.2, 0) is 17.8 Å². The van der Waals surface area contributed by atoms with Gasteiger partial charge in [-0.3, -0.25) is 9.79 Å². The predicted octanol–water partition coefficient (Wildman–Crippen LogP) is 3.44. The normalized spacial score (nSPS) is 20.4. The molecule has 1 N–H and O–H groups in total. The molecule has 1 fully saturated rings. The fraction of sp³-hybridized carbons (Fsp3) is 0.652. The maximum Gasteiger partial charge on any atom is 0.222 e. The third-order valence-corrected chi connectivity index (χ3v) is 6.77. The van der Waals surface area contributed by atoms with Crippen LogP contribution in [0.2, 0.25) is 0 Å². The Bertz CT molecular complexity index is 738. The van der Waals surface area contributed by atoms with Crippen molar-refractivity contribution < 1.29 is 4.79 Å². The smallest absolute Gasteiger partial charge is 0.222 e. The van der Waals surface area contributed by atoms with Gasteiger partial charge in [-0.25, -0.2) is 0 Å². The van der Waals surface area contributed by atoms with Crippen molar-refractivity contribution in [3.8, 4) is 0 Å². The third-order valence-electron chi connectivity index (χ3n) is 6.77. The summed E-state index contributed by atoms with van der Waals surface area (Å²) in [5.41, 5.74) is 3.04. The number of likely N-dealkylation sites (tertiary alicyclic amines) is 1. The molecule has 0 atom stereocenters. The standard InChI is InChI=1S/C23H36N4O/c1-6-24-21(27-17-22(2,3)23(27,4)5)25-14-9-12-20(28)26-15-13-18-10-7-8-11-19(18)16-26/h7-8,10-11H,6,9,12-17H2,1-5H3,(H,24,25). The summed E-state index contributed by atoms with van der Waals surface area (Å²) in [7, 11) is 0. The second-order valence-electron chi connectivity index (χ2n) is 9.20. The van der Waals surface area contributed by atoms with Crippen LogP contribution in [0.5, 0.6) is 0 Å². The van der Waals surface area contributed by atoms with Crippen LogP contribution in [0.3, 0.4) is 0 Å². The quantitative estimate of drug-likeness (QED) is 0.481. The topological polar surface area (TPSA) is 47.9 Å². The number of hydrogen-bond donors (Lipinski definition) is 1. The van der Waals surface area contributed by atoms with Crippen molar-refractivity contribution in [1.82, 2.24) is 15.1 Å². The van der Waals surface area contributed by atoms with Gasteiger partial charge in [0.15, 0.2) is 5.96 Å². The Morgan fingerprint density at radius 2 is 1.89 bits per heavy atom. The number of rotatable bonds is 5. The van der Waals surface area contributed by atoms with Crippen molar-refractivity contribution >= 4 is 11.9 Å². The first-order valence-electron chi connectivity index (χ1n) is 10.7. The van der Waals surface area contributed by atoms with Gasteiger partial charge in [-0.15, -0.1) is 0 Å². The van der Waals surface area contributed by atoms with Gasteiger partial charge in [0.2, 0.25) is 5.91 Å². The van der Waals surface area contributed by atoms with E-state index in [-0.39, 0.29) is 16.9 Å². The lowest BCUT2D eigenvalue weighted by Gasteiger charge is -2.62. The lowest BCUT2D eigenvalue weighted by Crippen LogP contribution is -2.72. The van der Waals surface area contributed by atoms with Gasteiger partial charge in [0, 0.05) is 50.1 Å². The highest BCUT2D eigenvalue weighted by molar-refractivity contribution is 5.82. The van der Waals surface area contributed by atoms with Crippen LogP contribution in [0.25, 0.3) is 0 Å². The van der Waals surface area contributed by atoms with Gasteiger partial charge in [0.25, 0.3) is 0 Å². The van der Waals surface area contributed by atoms with E-state index in [0.29, 0.717) is 13.0 Å². The molecule has 5 nitrogen and oxygen atoms in total. The van der Waals surface area contributed by atoms with E-state index in [1.807, 2.05) is 4.90 Å². The van der Waals surface area contributed by atoms with Crippen molar-refractivity contribution in [2.24, 2.45) is 10.4 Å². The van der Waals surface area contributed by atoms with E-state index in [0.717, 1.165) is 45.0 Å². The highest BCUT2D eigenvalue weighted by Gasteiger charge is 2.53. The molecule has 3 rings (SSSR count). The number of benzene rings is 1. The molecule has 0 radical (unpaired) electrons. The van der Waals surface area contributed by atoms with Crippen LogP contribution in [-0.4, -0.2) is 53.4 Å². The van der Waals surface area contributed by atoms with E-state index >= 15 is 0 Å². The van der Waals surface area contributed by atoms with Gasteiger partial charge in [0.05, 0.1) is 0 Å². The Morgan fingerprint density at radius 3 is 2.54 bits per heavy atom. The molecule has 2 heterocycles. The monoisotopic (exact) mass is 384 g/mol. The van der Waals surface area contributed by atoms with Crippen molar-refractivity contribution in [3.05, 3.63) is 35.4 Å². The molecule has 1 aromatic carbocycles. The molecule has 1 aromatic rings. The molecule has 0 saturated carbocycles. The van der Waals surface area contributed by atoms with Crippen LogP contribution >= 0.6 is 0 Å². The van der Waals surface area contributed by atoms with Gasteiger partial charge in [-0.1, -0.05) is 38.1 Å². The van der Waals surface area contributed by atoms with E-state index in [4.69, 9.17) is 4.99 Å². The minimum atomic E-state index is 0.0883. The van der Waals surface area contributed by atoms with E-state index in [2.05, 4.69) is 69.1 Å². The van der Waals surface area contributed by atoms with Crippen LogP contribution in [0.4, 0.5) is 0 Å². The molecule has 0 aromatic heterocycles. The summed E-state index contributed by atoms with van der Waals surface area (Å²) in [4.78, 5) is 21.8. The van der Waals surface area contributed by atoms with Gasteiger partial charge in [-0.2, -0.15) is 0 Å². The van der Waals surface area contributed by atoms with Crippen molar-refractivity contribution in [2.75, 3.05) is 26.2 Å². The van der Waals surface area contributed by atoms with Gasteiger partial charge < -0.3 is 15.1 Å². The summed E-state index contributed by atoms with van der Waals surface area (Å²) < 4.78 is 0. The number of amides is 1. The number of guanidine groups is 1. The lowest BCUT2D eigenvalue weighted by molar-refractivity contribution is -0.132. The first-order valence-corrected chi connectivity index (χ1v) is 10.7. The summed E-state index contributed by atoms with van der Waals surface area (Å²) in [5.74, 6) is 1.23. The summed E-state index contributed by atoms with van der Waals surface area (Å²) in [6.07, 6.45) is 2.33. The number of carbonyl (C=O) groups excluding carboxylic acids is 1. The maximum atomic E-state index is 12.6. The molecular weight excluding hydrogens is 348 g/mol. The molecule has 2 aliphatic rings. The summed E-state index contributed by atoms with van der Waals surface area (Å²) in [6.45, 7) is 15.4. The molecule has 0 bridgehead atoms. The Morgan fingerprint density at radius 1 is 1.18 bits per heavy atom. The van der Waals surface area contributed by atoms with Crippen LogP contribution < -0.4 is 5.32 Å². The maximum absolute atomic E-state index is 12.6. The SMILES string of the molecule is CCNC(=NCCCC(=O)N1CCc2ccccc2C1)N1CC(C)(C)C1(C)C. The number of fused-ring (bicyclic) bond motifs is 1. The van der Waals surface area contributed by atoms with Crippen molar-refractivity contribution in [2.45, 2.75) is 66.0 Å². The zero-order valence-electron chi connectivity index (χ0n) is 18.2. The fourth-order valence-electron chi connectivity index (χ4n) is 4.08. The number of carbonyl (C=O) groups is 1. The second kappa shape index (κ2) is 8.14. The number of aliphatic imine (C=N–C) groups is 1. The summed E-state index contributed by atoms with van der Waals surface area (Å²) in [5, 5.41) is 3.42. The second-order valence-corrected chi connectivity index (χ2v) is 9.20. The highest BCUT2D eigenvalue weighted by atomic mass is 16.2. The molecule has 28 heavy (non-hydrogen) atoms. The lowest BCUT2D eigenvalue weighted by atomic mass is 9.65. The molecule has 0 aliphatic carbocycles. The zero-order chi connectivity index (χ0) is 20.4. The Balaban J connectivity index is 1.50. The molecule has 1 saturated heterocycles. The first-order chi connectivity index (χ1) is 13.3. The van der Waals surface area contributed by atoms with Gasteiger partial charge in [-0.05, 0) is 44.7 Å². The van der Waals surface area contributed by atoms with E-state index < -0.39 is 0 Å². The molecule has 2 aliphatic heterocycles. The van der Waals surface area contributed by atoms with Crippen molar-refractivity contribution in [3.63, 3.8) is 0 Å². The summed E-state index contributed by atoms with van der Waals surface area (Å²) in [6, 6.07) is 8.45. The van der Waals surface area contributed by atoms with Crippen LogP contribution in [0, 0.1) is 5.41 Å². The molecule has 1 amide bonds. The number of nitrogens with zero attached hydrogens (tertiary/aromatic N) is 3. The van der Waals surface area contributed by atoms with Gasteiger partial charge in [0.1, 0.15) is 0 Å². The minimum absolute atomic E-state index is 0.0883. The minimum Gasteiger partial charge on any atom is -0.356 e. The van der Waals surface area contributed by atoms with Crippen LogP contribution in [0.15, 0.2) is 29.3 Å². The zero-order valence-corrected chi connectivity index (χ0v) is 18.2. The first kappa shape index (κ1) is 20.7. The van der Waals surface area contributed by atoms with E-state index in [1.165, 1.54) is 11.1 Å². The Kier molecular flexibility index (Phi) is 6.01. The molecule has 5 heteroatoms. The highest BCUT2D eigenvalue weighted by Crippen LogP contribution is 2.46. The average Bonchev–Trinajstić information content (AvgIpc) is 2.68. The largest absolute Gasteiger partial charge is 0.356 e. The number of hydrogen-bond acceptors (Lipinski definition) is 2. The molecular formula is C23H36N4O. The predicted molar refractivity (Wildman–Crippen MR) is 115 cm³/mol. The molecule has 154 valence electrons. The Labute approximate surface area is 170 Å². The number of nitrogens with one attached hydrogen (secondary N) is 1. The Hall–Kier alpha value is -2.04. The molecule has 0 unspecified atom stereocenters. The van der Waals surface area contributed by atoms with Gasteiger partial charge >= 0.3 is 0 Å². The average molecular weight is 385 g/mol. The van der Waals surface area contributed by atoms with E-state index in [9.17, 15) is 4.79 Å². The van der Waals surface area contributed by atoms with E-state index in [1.54, 1.807) is 0 Å². The van der Waals surface area contributed by atoms with Crippen molar-refractivity contribution in [1.29, 1.82) is 0 Å².